The van der Waals surface area contributed by atoms with Gasteiger partial charge in [0.05, 0.1) is 16.5 Å². The van der Waals surface area contributed by atoms with E-state index in [2.05, 4.69) is 9.97 Å². The van der Waals surface area contributed by atoms with Gasteiger partial charge in [-0.05, 0) is 31.0 Å². The number of Topliss-reactive ketones (excluding diaryl/α,β-unsaturated/α-hetero) is 1. The Kier molecular flexibility index (Phi) is 7.02. The number of carbonyl (C=O) groups is 2. The summed E-state index contributed by atoms with van der Waals surface area (Å²) >= 11 is 0. The molecule has 38 heavy (non-hydrogen) atoms. The molecule has 0 spiro atoms. The first-order valence-electron chi connectivity index (χ1n) is 11.8. The van der Waals surface area contributed by atoms with Crippen LogP contribution >= 0.6 is 0 Å². The van der Waals surface area contributed by atoms with Crippen molar-refractivity contribution in [3.05, 3.63) is 46.9 Å². The van der Waals surface area contributed by atoms with E-state index in [0.717, 1.165) is 25.1 Å². The molecule has 0 bridgehead atoms. The number of hydrogen-bond donors (Lipinski definition) is 0. The zero-order valence-electron chi connectivity index (χ0n) is 21.5. The number of carbonyl (C=O) groups excluding carboxylic acids is 2. The fourth-order valence-electron chi connectivity index (χ4n) is 4.91. The molecule has 204 valence electrons. The smallest absolute Gasteiger partial charge is 0.434 e. The highest BCUT2D eigenvalue weighted by atomic mass is 32.2. The van der Waals surface area contributed by atoms with Gasteiger partial charge in [0.15, 0.2) is 21.3 Å². The van der Waals surface area contributed by atoms with Gasteiger partial charge in [0.25, 0.3) is 0 Å². The average Bonchev–Trinajstić information content (AvgIpc) is 3.17. The Bertz CT molecular complexity index is 1550. The molecular formula is C25H27F3N4O5S. The molecular weight excluding hydrogens is 525 g/mol. The predicted molar refractivity (Wildman–Crippen MR) is 132 cm³/mol. The van der Waals surface area contributed by atoms with Crippen LogP contribution in [0, 0.1) is 5.92 Å². The highest BCUT2D eigenvalue weighted by Crippen LogP contribution is 2.40. The summed E-state index contributed by atoms with van der Waals surface area (Å²) < 4.78 is 73.3. The first-order valence-corrected chi connectivity index (χ1v) is 13.7. The van der Waals surface area contributed by atoms with E-state index in [1.807, 2.05) is 24.5 Å². The third kappa shape index (κ3) is 5.11. The average molecular weight is 553 g/mol. The van der Waals surface area contributed by atoms with Crippen LogP contribution in [0.2, 0.25) is 0 Å². The second-order valence-electron chi connectivity index (χ2n) is 9.66. The molecule has 1 aliphatic rings. The van der Waals surface area contributed by atoms with Gasteiger partial charge in [-0.1, -0.05) is 13.8 Å². The van der Waals surface area contributed by atoms with Crippen LogP contribution in [-0.2, 0) is 38.7 Å². The van der Waals surface area contributed by atoms with Crippen molar-refractivity contribution in [3.8, 4) is 0 Å². The molecule has 9 nitrogen and oxygen atoms in total. The number of nitrogens with zero attached hydrogens (tertiary/aromatic N) is 4. The van der Waals surface area contributed by atoms with Gasteiger partial charge in [-0.25, -0.2) is 18.4 Å². The molecule has 0 amide bonds. The van der Waals surface area contributed by atoms with E-state index in [9.17, 15) is 31.2 Å². The summed E-state index contributed by atoms with van der Waals surface area (Å²) in [6, 6.07) is 4.60. The van der Waals surface area contributed by atoms with Crippen molar-refractivity contribution in [1.82, 2.24) is 14.5 Å². The first-order chi connectivity index (χ1) is 17.6. The van der Waals surface area contributed by atoms with Gasteiger partial charge >= 0.3 is 12.1 Å². The summed E-state index contributed by atoms with van der Waals surface area (Å²) in [5, 5.41) is 0.700. The number of fused-ring (bicyclic) bond motifs is 3. The van der Waals surface area contributed by atoms with Gasteiger partial charge in [0.1, 0.15) is 6.61 Å². The number of anilines is 1. The first kappa shape index (κ1) is 27.6. The van der Waals surface area contributed by atoms with Gasteiger partial charge < -0.3 is 14.2 Å². The molecule has 1 atom stereocenters. The highest BCUT2D eigenvalue weighted by molar-refractivity contribution is 7.90. The standard InChI is InChI=1S/C25H27F3N4O5S/c1-13(2)22-20-9-16-8-17(12-37-15(4)34)21(38(5,35)36)10-19(16)31(20)6-7-32(22)24-29-11-18(14(3)33)23(30-24)25(26,27)28/h8-11,13,22H,6-7,12H2,1-5H3. The third-order valence-corrected chi connectivity index (χ3v) is 7.64. The minimum absolute atomic E-state index is 0.0358. The molecule has 0 saturated heterocycles. The number of rotatable bonds is 6. The number of hydrogen-bond acceptors (Lipinski definition) is 8. The van der Waals surface area contributed by atoms with E-state index in [1.54, 1.807) is 17.0 Å². The molecule has 4 rings (SSSR count). The fraction of sp³-hybridized carbons (Fsp3) is 0.440. The number of benzene rings is 1. The van der Waals surface area contributed by atoms with Crippen molar-refractivity contribution in [2.24, 2.45) is 5.92 Å². The molecule has 0 aliphatic carbocycles. The lowest BCUT2D eigenvalue weighted by Gasteiger charge is -2.39. The molecule has 3 heterocycles. The van der Waals surface area contributed by atoms with Crippen molar-refractivity contribution in [1.29, 1.82) is 0 Å². The van der Waals surface area contributed by atoms with Crippen molar-refractivity contribution in [2.75, 3.05) is 17.7 Å². The number of alkyl halides is 3. The van der Waals surface area contributed by atoms with Crippen molar-refractivity contribution in [2.45, 2.75) is 58.0 Å². The maximum absolute atomic E-state index is 13.7. The molecule has 0 N–H and O–H groups in total. The van der Waals surface area contributed by atoms with Crippen LogP contribution in [0.4, 0.5) is 19.1 Å². The van der Waals surface area contributed by atoms with E-state index in [-0.39, 0.29) is 29.9 Å². The highest BCUT2D eigenvalue weighted by Gasteiger charge is 2.39. The van der Waals surface area contributed by atoms with E-state index in [4.69, 9.17) is 4.74 Å². The number of ether oxygens (including phenoxy) is 1. The lowest BCUT2D eigenvalue weighted by Crippen LogP contribution is -2.41. The zero-order valence-corrected chi connectivity index (χ0v) is 22.3. The second kappa shape index (κ2) is 9.68. The number of ketones is 1. The van der Waals surface area contributed by atoms with Gasteiger partial charge in [-0.2, -0.15) is 13.2 Å². The van der Waals surface area contributed by atoms with E-state index >= 15 is 0 Å². The Labute approximate surface area is 217 Å². The summed E-state index contributed by atoms with van der Waals surface area (Å²) in [7, 11) is -3.66. The lowest BCUT2D eigenvalue weighted by atomic mass is 9.97. The predicted octanol–water partition coefficient (Wildman–Crippen LogP) is 4.34. The molecule has 1 unspecified atom stereocenters. The molecule has 1 aliphatic heterocycles. The molecule has 3 aromatic rings. The number of esters is 1. The minimum atomic E-state index is -4.84. The van der Waals surface area contributed by atoms with Crippen LogP contribution in [-0.4, -0.2) is 47.5 Å². The summed E-state index contributed by atoms with van der Waals surface area (Å²) in [6.07, 6.45) is -2.85. The zero-order chi connectivity index (χ0) is 28.2. The summed E-state index contributed by atoms with van der Waals surface area (Å²) in [5.74, 6) is -1.58. The van der Waals surface area contributed by atoms with Crippen LogP contribution < -0.4 is 4.90 Å². The Morgan fingerprint density at radius 1 is 1.16 bits per heavy atom. The summed E-state index contributed by atoms with van der Waals surface area (Å²) in [5.41, 5.74) is -0.160. The second-order valence-corrected chi connectivity index (χ2v) is 11.6. The number of aromatic nitrogens is 3. The Morgan fingerprint density at radius 2 is 1.84 bits per heavy atom. The summed E-state index contributed by atoms with van der Waals surface area (Å²) in [6.45, 7) is 6.44. The van der Waals surface area contributed by atoms with Crippen LogP contribution in [0.1, 0.15) is 61.0 Å². The Balaban J connectivity index is 1.86. The third-order valence-electron chi connectivity index (χ3n) is 6.46. The molecule has 13 heteroatoms. The maximum Gasteiger partial charge on any atom is 0.434 e. The molecule has 0 radical (unpaired) electrons. The van der Waals surface area contributed by atoms with E-state index in [1.165, 1.54) is 6.92 Å². The molecule has 2 aromatic heterocycles. The van der Waals surface area contributed by atoms with Gasteiger partial charge in [-0.15, -0.1) is 0 Å². The van der Waals surface area contributed by atoms with Crippen molar-refractivity contribution in [3.63, 3.8) is 0 Å². The normalized spacial score (nSPS) is 16.1. The van der Waals surface area contributed by atoms with Crippen molar-refractivity contribution >= 4 is 38.4 Å². The van der Waals surface area contributed by atoms with Crippen molar-refractivity contribution < 1.29 is 35.9 Å². The molecule has 0 fully saturated rings. The topological polar surface area (TPSA) is 111 Å². The van der Waals surface area contributed by atoms with E-state index in [0.29, 0.717) is 23.0 Å². The van der Waals surface area contributed by atoms with Gasteiger partial charge in [0, 0.05) is 54.6 Å². The fourth-order valence-corrected chi connectivity index (χ4v) is 5.83. The SMILES string of the molecule is CC(=O)OCc1cc2cc3n(c2cc1S(C)(=O)=O)CCN(c1ncc(C(C)=O)c(C(F)(F)F)n1)C3C(C)C. The largest absolute Gasteiger partial charge is 0.461 e. The van der Waals surface area contributed by atoms with Crippen LogP contribution in [0.5, 0.6) is 0 Å². The molecule has 0 saturated carbocycles. The van der Waals surface area contributed by atoms with Crippen LogP contribution in [0.3, 0.4) is 0 Å². The van der Waals surface area contributed by atoms with E-state index < -0.39 is 45.1 Å². The Morgan fingerprint density at radius 3 is 2.39 bits per heavy atom. The van der Waals surface area contributed by atoms with Gasteiger partial charge in [0.2, 0.25) is 5.95 Å². The quantitative estimate of drug-likeness (QED) is 0.328. The monoisotopic (exact) mass is 552 g/mol. The van der Waals surface area contributed by atoms with Crippen LogP contribution in [0.15, 0.2) is 29.3 Å². The summed E-state index contributed by atoms with van der Waals surface area (Å²) in [4.78, 5) is 32.7. The maximum atomic E-state index is 13.7. The lowest BCUT2D eigenvalue weighted by molar-refractivity contribution is -0.142. The Hall–Kier alpha value is -3.48. The molecule has 1 aromatic carbocycles. The minimum Gasteiger partial charge on any atom is -0.461 e. The van der Waals surface area contributed by atoms with Crippen LogP contribution in [0.25, 0.3) is 10.9 Å². The number of halogens is 3. The van der Waals surface area contributed by atoms with Gasteiger partial charge in [-0.3, -0.25) is 9.59 Å². The number of sulfone groups is 1.